The number of fused-ring (bicyclic) bond motifs is 1. The van der Waals surface area contributed by atoms with E-state index in [1.54, 1.807) is 0 Å². The standard InChI is InChI=1S/C27H21BClF3N2O9/c1-10(33-18-8-12-4-6-14(30)20(27(40)41)24(12)43-28(18)42-2)22(11-3-5-13(26(38)39)15(31)7-11)34-25(37)19-16(32)9-17(35)23(36)21(19)29/h3-7,9,18,22,33,35-36H,1,8H2,2H3,(H,34,37)(H,38,39)(H,40,41). The largest absolute Gasteiger partial charge is 0.549 e. The maximum Gasteiger partial charge on any atom is 0.549 e. The summed E-state index contributed by atoms with van der Waals surface area (Å²) in [6.45, 7) is 3.87. The van der Waals surface area contributed by atoms with Gasteiger partial charge in [-0.1, -0.05) is 30.3 Å². The van der Waals surface area contributed by atoms with E-state index in [0.717, 1.165) is 18.2 Å². The summed E-state index contributed by atoms with van der Waals surface area (Å²) >= 11 is 5.90. The van der Waals surface area contributed by atoms with Crippen LogP contribution in [0, 0.1) is 17.5 Å². The first-order valence-electron chi connectivity index (χ1n) is 12.2. The smallest absolute Gasteiger partial charge is 0.534 e. The molecule has 224 valence electrons. The fourth-order valence-corrected chi connectivity index (χ4v) is 4.82. The normalized spacial score (nSPS) is 14.7. The highest BCUT2D eigenvalue weighted by Gasteiger charge is 2.40. The number of carboxylic acids is 2. The molecule has 4 rings (SSSR count). The number of carbonyl (C=O) groups is 3. The Labute approximate surface area is 246 Å². The van der Waals surface area contributed by atoms with E-state index in [-0.39, 0.29) is 29.0 Å². The number of aromatic carboxylic acids is 2. The van der Waals surface area contributed by atoms with Gasteiger partial charge in [0.1, 0.15) is 33.8 Å². The third-order valence-corrected chi connectivity index (χ3v) is 6.96. The minimum atomic E-state index is -1.57. The molecule has 2 atom stereocenters. The van der Waals surface area contributed by atoms with Crippen molar-refractivity contribution in [2.75, 3.05) is 7.11 Å². The van der Waals surface area contributed by atoms with Gasteiger partial charge in [0.15, 0.2) is 11.5 Å². The van der Waals surface area contributed by atoms with Gasteiger partial charge in [-0.3, -0.25) is 4.79 Å². The fraction of sp³-hybridized carbons (Fsp3) is 0.148. The van der Waals surface area contributed by atoms with Crippen LogP contribution >= 0.6 is 11.6 Å². The molecule has 43 heavy (non-hydrogen) atoms. The summed E-state index contributed by atoms with van der Waals surface area (Å²) in [5.41, 5.74) is -2.12. The van der Waals surface area contributed by atoms with Crippen molar-refractivity contribution in [2.24, 2.45) is 0 Å². The van der Waals surface area contributed by atoms with Crippen molar-refractivity contribution in [3.05, 3.63) is 99.0 Å². The summed E-state index contributed by atoms with van der Waals surface area (Å²) in [7, 11) is 0.00122. The van der Waals surface area contributed by atoms with Crippen molar-refractivity contribution in [3.63, 3.8) is 0 Å². The van der Waals surface area contributed by atoms with Crippen LogP contribution in [0.1, 0.15) is 48.2 Å². The van der Waals surface area contributed by atoms with E-state index in [4.69, 9.17) is 20.9 Å². The highest BCUT2D eigenvalue weighted by molar-refractivity contribution is 6.48. The number of carboxylic acid groups (broad SMARTS) is 2. The average Bonchev–Trinajstić information content (AvgIpc) is 2.93. The first-order valence-corrected chi connectivity index (χ1v) is 12.6. The highest BCUT2D eigenvalue weighted by Crippen LogP contribution is 2.38. The second-order valence-corrected chi connectivity index (χ2v) is 9.66. The van der Waals surface area contributed by atoms with E-state index in [1.165, 1.54) is 19.2 Å². The van der Waals surface area contributed by atoms with Crippen LogP contribution in [0.5, 0.6) is 17.2 Å². The van der Waals surface area contributed by atoms with Crippen LogP contribution in [0.25, 0.3) is 0 Å². The van der Waals surface area contributed by atoms with Crippen LogP contribution in [-0.4, -0.2) is 58.4 Å². The molecule has 1 heterocycles. The number of hydrogen-bond acceptors (Lipinski definition) is 8. The molecule has 2 unspecified atom stereocenters. The number of phenolic OH excluding ortho intramolecular Hbond substituents is 2. The van der Waals surface area contributed by atoms with Crippen LogP contribution in [0.15, 0.2) is 48.7 Å². The first kappa shape index (κ1) is 31.1. The second kappa shape index (κ2) is 12.2. The minimum absolute atomic E-state index is 0.00725. The van der Waals surface area contributed by atoms with Crippen LogP contribution in [0.4, 0.5) is 13.2 Å². The number of amides is 1. The molecule has 0 radical (unpaired) electrons. The van der Waals surface area contributed by atoms with Gasteiger partial charge in [-0.2, -0.15) is 0 Å². The molecule has 1 amide bonds. The molecule has 0 aliphatic carbocycles. The predicted molar refractivity (Wildman–Crippen MR) is 145 cm³/mol. The summed E-state index contributed by atoms with van der Waals surface area (Å²) in [5.74, 6) is -10.9. The Morgan fingerprint density at radius 1 is 1.05 bits per heavy atom. The molecule has 3 aromatic carbocycles. The predicted octanol–water partition coefficient (Wildman–Crippen LogP) is 3.82. The molecule has 0 fully saturated rings. The van der Waals surface area contributed by atoms with Crippen molar-refractivity contribution in [3.8, 4) is 17.2 Å². The van der Waals surface area contributed by atoms with Crippen LogP contribution in [0.3, 0.4) is 0 Å². The Morgan fingerprint density at radius 3 is 2.35 bits per heavy atom. The quantitative estimate of drug-likeness (QED) is 0.152. The number of benzene rings is 3. The Bertz CT molecular complexity index is 1670. The van der Waals surface area contributed by atoms with Gasteiger partial charge in [0.25, 0.3) is 5.91 Å². The van der Waals surface area contributed by atoms with E-state index in [1.807, 2.05) is 0 Å². The summed E-state index contributed by atoms with van der Waals surface area (Å²) in [4.78, 5) is 36.1. The average molecular weight is 621 g/mol. The van der Waals surface area contributed by atoms with E-state index < -0.39 is 87.6 Å². The number of rotatable bonds is 9. The Morgan fingerprint density at radius 2 is 1.74 bits per heavy atom. The number of aromatic hydroxyl groups is 2. The molecular formula is C27H21BClF3N2O9. The summed E-state index contributed by atoms with van der Waals surface area (Å²) in [6, 6.07) is 4.19. The van der Waals surface area contributed by atoms with Gasteiger partial charge in [0.2, 0.25) is 0 Å². The van der Waals surface area contributed by atoms with Gasteiger partial charge >= 0.3 is 19.1 Å². The molecule has 6 N–H and O–H groups in total. The van der Waals surface area contributed by atoms with Crippen LogP contribution < -0.4 is 15.3 Å². The molecular weight excluding hydrogens is 600 g/mol. The molecule has 11 nitrogen and oxygen atoms in total. The van der Waals surface area contributed by atoms with Crippen LogP contribution in [0.2, 0.25) is 5.02 Å². The molecule has 16 heteroatoms. The Balaban J connectivity index is 1.71. The second-order valence-electron chi connectivity index (χ2n) is 9.28. The van der Waals surface area contributed by atoms with Crippen molar-refractivity contribution < 1.29 is 57.3 Å². The lowest BCUT2D eigenvalue weighted by molar-refractivity contribution is 0.0678. The van der Waals surface area contributed by atoms with Crippen LogP contribution in [-0.2, 0) is 11.1 Å². The zero-order valence-corrected chi connectivity index (χ0v) is 22.7. The number of carbonyl (C=O) groups excluding carboxylic acids is 1. The topological polar surface area (TPSA) is 175 Å². The SMILES string of the molecule is C=C(NC1Cc2ccc(F)c(C(=O)O)c2OB1OC)C(NC(=O)c1c(F)cc(O)c(O)c1Cl)c1ccc(C(=O)O)c(F)c1. The molecule has 1 aliphatic heterocycles. The molecule has 1 aliphatic rings. The van der Waals surface area contributed by atoms with Gasteiger partial charge in [-0.25, -0.2) is 22.8 Å². The number of nitrogens with one attached hydrogen (secondary N) is 2. The Hall–Kier alpha value is -4.89. The van der Waals surface area contributed by atoms with Gasteiger partial charge in [-0.15, -0.1) is 0 Å². The first-order chi connectivity index (χ1) is 20.2. The zero-order chi connectivity index (χ0) is 31.7. The number of halogens is 4. The fourth-order valence-electron chi connectivity index (χ4n) is 4.54. The van der Waals surface area contributed by atoms with Gasteiger partial charge in [0, 0.05) is 18.9 Å². The third-order valence-electron chi connectivity index (χ3n) is 6.59. The maximum atomic E-state index is 14.7. The number of hydrogen-bond donors (Lipinski definition) is 6. The lowest BCUT2D eigenvalue weighted by Crippen LogP contribution is -2.53. The van der Waals surface area contributed by atoms with Gasteiger partial charge < -0.3 is 40.4 Å². The minimum Gasteiger partial charge on any atom is -0.534 e. The lowest BCUT2D eigenvalue weighted by atomic mass is 9.71. The number of phenols is 2. The molecule has 0 saturated carbocycles. The van der Waals surface area contributed by atoms with E-state index in [0.29, 0.717) is 6.07 Å². The van der Waals surface area contributed by atoms with Gasteiger partial charge in [0.05, 0.1) is 23.1 Å². The molecule has 3 aromatic rings. The molecule has 0 spiro atoms. The molecule has 0 aromatic heterocycles. The Kier molecular flexibility index (Phi) is 8.78. The van der Waals surface area contributed by atoms with Crippen molar-refractivity contribution in [1.29, 1.82) is 0 Å². The monoisotopic (exact) mass is 620 g/mol. The van der Waals surface area contributed by atoms with Crippen molar-refractivity contribution >= 4 is 36.6 Å². The molecule has 0 saturated heterocycles. The summed E-state index contributed by atoms with van der Waals surface area (Å²) in [5, 5.41) is 42.7. The zero-order valence-electron chi connectivity index (χ0n) is 22.0. The van der Waals surface area contributed by atoms with E-state index >= 15 is 0 Å². The third kappa shape index (κ3) is 6.03. The van der Waals surface area contributed by atoms with E-state index in [9.17, 15) is 48.0 Å². The van der Waals surface area contributed by atoms with Crippen molar-refractivity contribution in [1.82, 2.24) is 10.6 Å². The highest BCUT2D eigenvalue weighted by atomic mass is 35.5. The molecule has 0 bridgehead atoms. The van der Waals surface area contributed by atoms with E-state index in [2.05, 4.69) is 17.2 Å². The summed E-state index contributed by atoms with van der Waals surface area (Å²) < 4.78 is 54.5. The van der Waals surface area contributed by atoms with Crippen molar-refractivity contribution in [2.45, 2.75) is 18.4 Å². The van der Waals surface area contributed by atoms with Gasteiger partial charge in [-0.05, 0) is 35.7 Å². The summed E-state index contributed by atoms with van der Waals surface area (Å²) in [6.07, 6.45) is -0.00725. The lowest BCUT2D eigenvalue weighted by Gasteiger charge is -2.33. The maximum absolute atomic E-state index is 14.7.